The standard InChI is InChI=1S/C5H10NO4/c6-4(10)5(1-7,2-8)3-9/h6-9H,1-3H2. The topological polar surface area (TPSA) is 102 Å². The second-order valence-electron chi connectivity index (χ2n) is 2.08. The van der Waals surface area contributed by atoms with E-state index in [4.69, 9.17) is 21.1 Å². The van der Waals surface area contributed by atoms with Gasteiger partial charge in [0.1, 0.15) is 5.41 Å². The van der Waals surface area contributed by atoms with Crippen LogP contribution in [-0.4, -0.2) is 41.0 Å². The minimum Gasteiger partial charge on any atom is -0.395 e. The van der Waals surface area contributed by atoms with Gasteiger partial charge in [-0.2, -0.15) is 0 Å². The van der Waals surface area contributed by atoms with Crippen LogP contribution in [0.15, 0.2) is 0 Å². The minimum absolute atomic E-state index is 0.706. The molecule has 0 rings (SSSR count). The fourth-order valence-electron chi connectivity index (χ4n) is 0.365. The Kier molecular flexibility index (Phi) is 3.27. The molecule has 5 heteroatoms. The second kappa shape index (κ2) is 3.50. The smallest absolute Gasteiger partial charge is 0.251 e. The molecule has 0 heterocycles. The van der Waals surface area contributed by atoms with Crippen LogP contribution in [-0.2, 0) is 4.79 Å². The molecule has 0 atom stereocenters. The van der Waals surface area contributed by atoms with Gasteiger partial charge in [-0.15, -0.1) is 0 Å². The van der Waals surface area contributed by atoms with Crippen LogP contribution in [0.5, 0.6) is 0 Å². The molecule has 0 aliphatic rings. The molecule has 0 saturated heterocycles. The third-order valence-electron chi connectivity index (χ3n) is 1.39. The molecule has 0 spiro atoms. The van der Waals surface area contributed by atoms with E-state index < -0.39 is 31.1 Å². The molecule has 10 heavy (non-hydrogen) atoms. The van der Waals surface area contributed by atoms with E-state index in [2.05, 4.69) is 0 Å². The summed E-state index contributed by atoms with van der Waals surface area (Å²) < 4.78 is 0. The molecule has 4 N–H and O–H groups in total. The first-order valence-electron chi connectivity index (χ1n) is 2.71. The lowest BCUT2D eigenvalue weighted by Gasteiger charge is -2.21. The predicted octanol–water partition coefficient (Wildman–Crippen LogP) is -2.24. The van der Waals surface area contributed by atoms with Gasteiger partial charge in [-0.05, 0) is 0 Å². The molecule has 1 amide bonds. The number of amides is 1. The molecule has 0 saturated carbocycles. The number of aliphatic hydroxyl groups excluding tert-OH is 3. The summed E-state index contributed by atoms with van der Waals surface area (Å²) in [6.45, 7) is -2.12. The van der Waals surface area contributed by atoms with Crippen molar-refractivity contribution in [2.45, 2.75) is 0 Å². The van der Waals surface area contributed by atoms with Crippen molar-refractivity contribution in [3.05, 3.63) is 0 Å². The first kappa shape index (κ1) is 9.35. The van der Waals surface area contributed by atoms with E-state index in [9.17, 15) is 4.79 Å². The molecule has 59 valence electrons. The number of aliphatic hydroxyl groups is 3. The van der Waals surface area contributed by atoms with E-state index in [1.54, 1.807) is 0 Å². The van der Waals surface area contributed by atoms with Crippen LogP contribution in [0.2, 0.25) is 0 Å². The highest BCUT2D eigenvalue weighted by Crippen LogP contribution is 2.13. The van der Waals surface area contributed by atoms with Gasteiger partial charge in [-0.25, -0.2) is 0 Å². The van der Waals surface area contributed by atoms with Crippen LogP contribution in [0.3, 0.4) is 0 Å². The van der Waals surface area contributed by atoms with Gasteiger partial charge in [0.15, 0.2) is 0 Å². The number of carbonyl (C=O) groups excluding carboxylic acids is 1. The van der Waals surface area contributed by atoms with E-state index in [1.165, 1.54) is 0 Å². The summed E-state index contributed by atoms with van der Waals surface area (Å²) in [6, 6.07) is 0. The third-order valence-corrected chi connectivity index (χ3v) is 1.39. The third kappa shape index (κ3) is 1.44. The van der Waals surface area contributed by atoms with Crippen LogP contribution < -0.4 is 5.73 Å². The van der Waals surface area contributed by atoms with Gasteiger partial charge >= 0.3 is 0 Å². The summed E-state index contributed by atoms with van der Waals surface area (Å²) in [5, 5.41) is 25.5. The lowest BCUT2D eigenvalue weighted by Crippen LogP contribution is -2.42. The minimum atomic E-state index is -1.68. The zero-order valence-electron chi connectivity index (χ0n) is 5.37. The Labute approximate surface area is 58.1 Å². The Morgan fingerprint density at radius 3 is 1.50 bits per heavy atom. The summed E-state index contributed by atoms with van der Waals surface area (Å²) in [5.41, 5.74) is 4.88. The number of hydrogen-bond donors (Lipinski definition) is 3. The van der Waals surface area contributed by atoms with Crippen LogP contribution in [0.1, 0.15) is 0 Å². The van der Waals surface area contributed by atoms with E-state index >= 15 is 0 Å². The maximum atomic E-state index is 10.3. The van der Waals surface area contributed by atoms with E-state index in [-0.39, 0.29) is 0 Å². The molecule has 0 aliphatic heterocycles. The highest BCUT2D eigenvalue weighted by atomic mass is 16.3. The SMILES string of the molecule is [NH]C(=O)C(CO)(CO)CO. The highest BCUT2D eigenvalue weighted by Gasteiger charge is 2.35. The predicted molar refractivity (Wildman–Crippen MR) is 31.8 cm³/mol. The van der Waals surface area contributed by atoms with Gasteiger partial charge in [0.25, 0.3) is 5.91 Å². The molecule has 1 radical (unpaired) electrons. The maximum Gasteiger partial charge on any atom is 0.251 e. The van der Waals surface area contributed by atoms with Crippen molar-refractivity contribution in [1.82, 2.24) is 5.73 Å². The van der Waals surface area contributed by atoms with Crippen molar-refractivity contribution < 1.29 is 20.1 Å². The van der Waals surface area contributed by atoms with Crippen molar-refractivity contribution in [2.75, 3.05) is 19.8 Å². The van der Waals surface area contributed by atoms with E-state index in [1.807, 2.05) is 0 Å². The molecule has 0 aromatic carbocycles. The molecular weight excluding hydrogens is 138 g/mol. The van der Waals surface area contributed by atoms with Crippen LogP contribution in [0, 0.1) is 5.41 Å². The fraction of sp³-hybridized carbons (Fsp3) is 0.800. The first-order valence-corrected chi connectivity index (χ1v) is 2.71. The summed E-state index contributed by atoms with van der Waals surface area (Å²) >= 11 is 0. The zero-order chi connectivity index (χ0) is 8.20. The molecule has 0 unspecified atom stereocenters. The first-order chi connectivity index (χ1) is 4.63. The van der Waals surface area contributed by atoms with Gasteiger partial charge in [-0.3, -0.25) is 10.5 Å². The Balaban J connectivity index is 4.31. The Morgan fingerprint density at radius 1 is 1.20 bits per heavy atom. The number of hydrogen-bond acceptors (Lipinski definition) is 4. The second-order valence-corrected chi connectivity index (χ2v) is 2.08. The van der Waals surface area contributed by atoms with Crippen molar-refractivity contribution in [3.63, 3.8) is 0 Å². The molecular formula is C5H10NO4. The van der Waals surface area contributed by atoms with E-state index in [0.29, 0.717) is 0 Å². The maximum absolute atomic E-state index is 10.3. The summed E-state index contributed by atoms with van der Waals surface area (Å²) in [6.07, 6.45) is 0. The summed E-state index contributed by atoms with van der Waals surface area (Å²) in [4.78, 5) is 10.3. The van der Waals surface area contributed by atoms with Crippen molar-refractivity contribution in [3.8, 4) is 0 Å². The van der Waals surface area contributed by atoms with Gasteiger partial charge < -0.3 is 15.3 Å². The highest BCUT2D eigenvalue weighted by molar-refractivity contribution is 5.80. The number of rotatable bonds is 4. The normalized spacial score (nSPS) is 11.5. The lowest BCUT2D eigenvalue weighted by molar-refractivity contribution is -0.136. The number of carbonyl (C=O) groups is 1. The Hall–Kier alpha value is -0.650. The van der Waals surface area contributed by atoms with Gasteiger partial charge in [0.05, 0.1) is 19.8 Å². The monoisotopic (exact) mass is 148 g/mol. The molecule has 0 aliphatic carbocycles. The molecule has 0 aromatic heterocycles. The summed E-state index contributed by atoms with van der Waals surface area (Å²) in [7, 11) is 0. The zero-order valence-corrected chi connectivity index (χ0v) is 5.37. The Morgan fingerprint density at radius 2 is 1.50 bits per heavy atom. The molecule has 0 aromatic rings. The van der Waals surface area contributed by atoms with Crippen LogP contribution in [0.4, 0.5) is 0 Å². The average molecular weight is 148 g/mol. The quantitative estimate of drug-likeness (QED) is 0.419. The van der Waals surface area contributed by atoms with Crippen LogP contribution >= 0.6 is 0 Å². The summed E-state index contributed by atoms with van der Waals surface area (Å²) in [5.74, 6) is -1.15. The largest absolute Gasteiger partial charge is 0.395 e. The van der Waals surface area contributed by atoms with Gasteiger partial charge in [0, 0.05) is 0 Å². The number of nitrogens with one attached hydrogen (secondary N) is 1. The van der Waals surface area contributed by atoms with Gasteiger partial charge in [-0.1, -0.05) is 0 Å². The average Bonchev–Trinajstić information content (AvgIpc) is 1.92. The Bertz CT molecular complexity index is 113. The lowest BCUT2D eigenvalue weighted by atomic mass is 9.91. The van der Waals surface area contributed by atoms with Crippen molar-refractivity contribution in [2.24, 2.45) is 5.41 Å². The van der Waals surface area contributed by atoms with E-state index in [0.717, 1.165) is 0 Å². The fourth-order valence-corrected chi connectivity index (χ4v) is 0.365. The van der Waals surface area contributed by atoms with Crippen molar-refractivity contribution in [1.29, 1.82) is 0 Å². The van der Waals surface area contributed by atoms with Crippen molar-refractivity contribution >= 4 is 5.91 Å². The molecule has 5 nitrogen and oxygen atoms in total. The van der Waals surface area contributed by atoms with Gasteiger partial charge in [0.2, 0.25) is 0 Å². The van der Waals surface area contributed by atoms with Crippen LogP contribution in [0.25, 0.3) is 0 Å². The molecule has 0 bridgehead atoms. The molecule has 0 fully saturated rings.